The predicted octanol–water partition coefficient (Wildman–Crippen LogP) is 5.12. The van der Waals surface area contributed by atoms with Gasteiger partial charge in [-0.1, -0.05) is 28.4 Å². The number of ether oxygens (including phenoxy) is 1. The second-order valence-electron chi connectivity index (χ2n) is 7.67. The van der Waals surface area contributed by atoms with Gasteiger partial charge in [-0.3, -0.25) is 9.59 Å². The normalized spacial score (nSPS) is 17.7. The minimum absolute atomic E-state index is 0.0281. The van der Waals surface area contributed by atoms with Crippen molar-refractivity contribution in [1.29, 1.82) is 0 Å². The van der Waals surface area contributed by atoms with E-state index in [1.807, 2.05) is 0 Å². The second kappa shape index (κ2) is 9.43. The van der Waals surface area contributed by atoms with Gasteiger partial charge in [0.2, 0.25) is 0 Å². The largest absolute Gasteiger partial charge is 0.465 e. The van der Waals surface area contributed by atoms with Crippen LogP contribution >= 0.6 is 23.2 Å². The first-order chi connectivity index (χ1) is 16.6. The third-order valence-electron chi connectivity index (χ3n) is 5.45. The molecule has 2 aromatic heterocycles. The number of carbonyl (C=O) groups is 2. The van der Waals surface area contributed by atoms with Gasteiger partial charge in [0, 0.05) is 27.4 Å². The van der Waals surface area contributed by atoms with Crippen LogP contribution in [0.1, 0.15) is 35.0 Å². The summed E-state index contributed by atoms with van der Waals surface area (Å²) in [6, 6.07) is 9.77. The zero-order valence-electron chi connectivity index (χ0n) is 18.2. The lowest BCUT2D eigenvalue weighted by atomic mass is 9.86. The molecule has 184 valence electrons. The first-order valence-electron chi connectivity index (χ1n) is 10.4. The average molecular weight is 528 g/mol. The van der Waals surface area contributed by atoms with Crippen molar-refractivity contribution in [2.24, 2.45) is 5.16 Å². The summed E-state index contributed by atoms with van der Waals surface area (Å²) in [5.41, 5.74) is -2.09. The van der Waals surface area contributed by atoms with Gasteiger partial charge in [0.1, 0.15) is 12.2 Å². The van der Waals surface area contributed by atoms with E-state index < -0.39 is 30.1 Å². The molecule has 1 aromatic carbocycles. The van der Waals surface area contributed by atoms with Gasteiger partial charge < -0.3 is 19.3 Å². The topological polar surface area (TPSA) is 81.4 Å². The Morgan fingerprint density at radius 3 is 2.57 bits per heavy atom. The number of hydrogen-bond acceptors (Lipinski definition) is 5. The molecule has 0 aliphatic carbocycles. The zero-order valence-corrected chi connectivity index (χ0v) is 19.7. The Balaban J connectivity index is 1.67. The van der Waals surface area contributed by atoms with Gasteiger partial charge in [0.05, 0.1) is 24.3 Å². The van der Waals surface area contributed by atoms with Crippen molar-refractivity contribution in [2.45, 2.75) is 25.1 Å². The lowest BCUT2D eigenvalue weighted by Gasteiger charge is -2.29. The molecule has 0 fully saturated rings. The van der Waals surface area contributed by atoms with Crippen LogP contribution in [0.3, 0.4) is 0 Å². The van der Waals surface area contributed by atoms with Gasteiger partial charge in [-0.2, -0.15) is 13.2 Å². The molecule has 0 saturated carbocycles. The maximum atomic E-state index is 14.3. The number of nitrogens with zero attached hydrogens (tertiary/aromatic N) is 2. The van der Waals surface area contributed by atoms with Crippen molar-refractivity contribution < 1.29 is 32.3 Å². The molecule has 0 saturated heterocycles. The second-order valence-corrected chi connectivity index (χ2v) is 8.55. The molecule has 35 heavy (non-hydrogen) atoms. The minimum Gasteiger partial charge on any atom is -0.465 e. The van der Waals surface area contributed by atoms with Crippen molar-refractivity contribution in [3.8, 4) is 0 Å². The molecule has 3 aromatic rings. The van der Waals surface area contributed by atoms with E-state index in [0.29, 0.717) is 11.1 Å². The van der Waals surface area contributed by atoms with Crippen molar-refractivity contribution in [3.05, 3.63) is 75.5 Å². The van der Waals surface area contributed by atoms with Crippen molar-refractivity contribution >= 4 is 46.3 Å². The van der Waals surface area contributed by atoms with Crippen molar-refractivity contribution in [2.75, 3.05) is 13.2 Å². The summed E-state index contributed by atoms with van der Waals surface area (Å²) in [6.07, 6.45) is -3.90. The van der Waals surface area contributed by atoms with Gasteiger partial charge in [-0.05, 0) is 49.4 Å². The van der Waals surface area contributed by atoms with Gasteiger partial charge in [0.25, 0.3) is 11.5 Å². The number of fused-ring (bicyclic) bond motifs is 1. The predicted molar refractivity (Wildman–Crippen MR) is 123 cm³/mol. The number of benzene rings is 1. The summed E-state index contributed by atoms with van der Waals surface area (Å²) in [4.78, 5) is 29.2. The molecule has 0 spiro atoms. The summed E-state index contributed by atoms with van der Waals surface area (Å²) in [6.45, 7) is 1.50. The molecule has 1 N–H and O–H groups in total. The Labute approximate surface area is 207 Å². The highest BCUT2D eigenvalue weighted by atomic mass is 35.5. The van der Waals surface area contributed by atoms with Crippen LogP contribution in [-0.2, 0) is 20.0 Å². The summed E-state index contributed by atoms with van der Waals surface area (Å²) in [7, 11) is 0. The molecule has 1 aliphatic heterocycles. The van der Waals surface area contributed by atoms with Gasteiger partial charge in [0.15, 0.2) is 0 Å². The quantitative estimate of drug-likeness (QED) is 0.451. The maximum Gasteiger partial charge on any atom is 0.435 e. The molecule has 1 atom stereocenters. The van der Waals surface area contributed by atoms with Gasteiger partial charge in [-0.25, -0.2) is 0 Å². The zero-order chi connectivity index (χ0) is 25.4. The van der Waals surface area contributed by atoms with Gasteiger partial charge in [-0.15, -0.1) is 0 Å². The van der Waals surface area contributed by atoms with E-state index in [2.05, 4.69) is 10.5 Å². The molecular formula is C23H18Cl2F3N3O4. The summed E-state index contributed by atoms with van der Waals surface area (Å²) >= 11 is 11.9. The Bertz CT molecular complexity index is 1320. The fraction of sp³-hybridized carbons (Fsp3) is 0.261. The lowest BCUT2D eigenvalue weighted by molar-refractivity contribution is -0.275. The van der Waals surface area contributed by atoms with E-state index in [1.165, 1.54) is 22.6 Å². The monoisotopic (exact) mass is 527 g/mol. The number of nitrogens with one attached hydrogen (secondary N) is 1. The first-order valence-corrected chi connectivity index (χ1v) is 11.1. The van der Waals surface area contributed by atoms with Crippen molar-refractivity contribution in [3.63, 3.8) is 0 Å². The number of rotatable bonds is 6. The highest BCUT2D eigenvalue weighted by Gasteiger charge is 2.62. The number of carbonyl (C=O) groups excluding carboxylic acids is 2. The molecule has 3 heterocycles. The highest BCUT2D eigenvalue weighted by molar-refractivity contribution is 6.34. The van der Waals surface area contributed by atoms with Crippen molar-refractivity contribution in [1.82, 2.24) is 9.72 Å². The fourth-order valence-corrected chi connectivity index (χ4v) is 4.38. The number of hydrogen-bond donors (Lipinski definition) is 1. The number of alkyl halides is 3. The number of amides is 1. The molecule has 0 radical (unpaired) electrons. The van der Waals surface area contributed by atoms with E-state index in [4.69, 9.17) is 32.8 Å². The fourth-order valence-electron chi connectivity index (χ4n) is 3.86. The van der Waals surface area contributed by atoms with Crippen LogP contribution in [0.4, 0.5) is 13.2 Å². The third kappa shape index (κ3) is 4.68. The molecule has 1 unspecified atom stereocenters. The van der Waals surface area contributed by atoms with E-state index in [9.17, 15) is 22.8 Å². The van der Waals surface area contributed by atoms with E-state index in [1.54, 1.807) is 25.3 Å². The number of halogens is 5. The summed E-state index contributed by atoms with van der Waals surface area (Å²) in [5.74, 6) is -1.16. The smallest absolute Gasteiger partial charge is 0.435 e. The lowest BCUT2D eigenvalue weighted by Crippen LogP contribution is -2.42. The maximum absolute atomic E-state index is 14.3. The van der Waals surface area contributed by atoms with E-state index in [-0.39, 0.29) is 40.2 Å². The number of aromatic nitrogens is 1. The number of esters is 1. The molecule has 12 heteroatoms. The average Bonchev–Trinajstić information content (AvgIpc) is 3.44. The van der Waals surface area contributed by atoms with Crippen LogP contribution < -0.4 is 5.32 Å². The van der Waals surface area contributed by atoms with Crippen LogP contribution in [0.25, 0.3) is 5.52 Å². The molecule has 0 bridgehead atoms. The molecule has 7 nitrogen and oxygen atoms in total. The Kier molecular flexibility index (Phi) is 6.70. The van der Waals surface area contributed by atoms with Crippen LogP contribution in [0.5, 0.6) is 0 Å². The Morgan fingerprint density at radius 2 is 1.91 bits per heavy atom. The Hall–Kier alpha value is -3.24. The first kappa shape index (κ1) is 24.9. The van der Waals surface area contributed by atoms with E-state index >= 15 is 0 Å². The molecule has 1 amide bonds. The highest BCUT2D eigenvalue weighted by Crippen LogP contribution is 2.50. The minimum atomic E-state index is -4.84. The van der Waals surface area contributed by atoms with Crippen LogP contribution in [0.15, 0.2) is 53.8 Å². The standard InChI is InChI=1S/C23H18Cl2F3N3O4/c1-2-34-20(32)12-29-21(33)19-6-5-16(18-4-3-7-31(18)19)17-11-22(35-30-17,23(26,27)28)13-8-14(24)10-15(25)9-13/h3-10H,2,11-12H2,1H3,(H,29,33). The van der Waals surface area contributed by atoms with E-state index in [0.717, 1.165) is 12.1 Å². The third-order valence-corrected chi connectivity index (χ3v) is 5.89. The number of oxime groups is 1. The van der Waals surface area contributed by atoms with Crippen LogP contribution in [0.2, 0.25) is 10.0 Å². The molecular weight excluding hydrogens is 510 g/mol. The SMILES string of the molecule is CCOC(=O)CNC(=O)c1ccc(C2=NOC(c3cc(Cl)cc(Cl)c3)(C(F)(F)F)C2)c2cccn12. The summed E-state index contributed by atoms with van der Waals surface area (Å²) < 4.78 is 49.2. The molecule has 4 rings (SSSR count). The number of pyridine rings is 1. The summed E-state index contributed by atoms with van der Waals surface area (Å²) in [5, 5.41) is 6.29. The van der Waals surface area contributed by atoms with Gasteiger partial charge >= 0.3 is 12.1 Å². The molecule has 1 aliphatic rings. The van der Waals surface area contributed by atoms with Crippen LogP contribution in [-0.4, -0.2) is 41.3 Å². The Morgan fingerprint density at radius 1 is 1.20 bits per heavy atom. The van der Waals surface area contributed by atoms with Crippen LogP contribution in [0, 0.1) is 0 Å².